The van der Waals surface area contributed by atoms with Crippen molar-refractivity contribution in [2.24, 2.45) is 0 Å². The summed E-state index contributed by atoms with van der Waals surface area (Å²) in [5.41, 5.74) is 2.59. The molecule has 0 bridgehead atoms. The van der Waals surface area contributed by atoms with Crippen molar-refractivity contribution in [1.82, 2.24) is 9.97 Å². The molecule has 0 atom stereocenters. The van der Waals surface area contributed by atoms with Crippen LogP contribution in [0.3, 0.4) is 0 Å². The lowest BCUT2D eigenvalue weighted by molar-refractivity contribution is -0.116. The Labute approximate surface area is 155 Å². The van der Waals surface area contributed by atoms with E-state index < -0.39 is 0 Å². The molecule has 0 fully saturated rings. The minimum atomic E-state index is -0.0711. The van der Waals surface area contributed by atoms with E-state index in [0.717, 1.165) is 22.0 Å². The van der Waals surface area contributed by atoms with Gasteiger partial charge in [-0.15, -0.1) is 11.3 Å². The number of nitrogens with zero attached hydrogens (tertiary/aromatic N) is 2. The summed E-state index contributed by atoms with van der Waals surface area (Å²) in [6, 6.07) is 11.2. The van der Waals surface area contributed by atoms with Crippen molar-refractivity contribution in [2.45, 2.75) is 12.8 Å². The number of rotatable bonds is 7. The van der Waals surface area contributed by atoms with Gasteiger partial charge in [0.1, 0.15) is 5.75 Å². The Kier molecular flexibility index (Phi) is 5.80. The highest BCUT2D eigenvalue weighted by atomic mass is 32.1. The first-order valence-electron chi connectivity index (χ1n) is 8.06. The van der Waals surface area contributed by atoms with Crippen molar-refractivity contribution >= 4 is 22.9 Å². The van der Waals surface area contributed by atoms with E-state index in [1.54, 1.807) is 43.9 Å². The molecule has 0 spiro atoms. The van der Waals surface area contributed by atoms with Gasteiger partial charge >= 0.3 is 0 Å². The maximum Gasteiger partial charge on any atom is 0.224 e. The largest absolute Gasteiger partial charge is 0.497 e. The number of amides is 1. The van der Waals surface area contributed by atoms with Crippen molar-refractivity contribution in [3.05, 3.63) is 53.0 Å². The smallest absolute Gasteiger partial charge is 0.224 e. The van der Waals surface area contributed by atoms with E-state index in [-0.39, 0.29) is 5.91 Å². The first-order chi connectivity index (χ1) is 12.7. The Hall–Kier alpha value is -2.93. The second-order valence-corrected chi connectivity index (χ2v) is 6.44. The molecule has 1 amide bonds. The predicted octanol–water partition coefficient (Wildman–Crippen LogP) is 3.79. The van der Waals surface area contributed by atoms with Crippen molar-refractivity contribution in [1.29, 1.82) is 0 Å². The van der Waals surface area contributed by atoms with Gasteiger partial charge in [-0.25, -0.2) is 9.97 Å². The van der Waals surface area contributed by atoms with Crippen molar-refractivity contribution < 1.29 is 14.3 Å². The fourth-order valence-electron chi connectivity index (χ4n) is 2.34. The number of methoxy groups -OCH3 is 2. The molecule has 2 aromatic heterocycles. The van der Waals surface area contributed by atoms with Gasteiger partial charge in [-0.1, -0.05) is 0 Å². The highest BCUT2D eigenvalue weighted by molar-refractivity contribution is 7.09. The number of hydrogen-bond acceptors (Lipinski definition) is 6. The SMILES string of the molecule is COc1ccc(-c2csc(CCC(=O)Nc3ccc(OC)nc3)n2)cc1. The average molecular weight is 369 g/mol. The van der Waals surface area contributed by atoms with E-state index in [0.29, 0.717) is 24.4 Å². The van der Waals surface area contributed by atoms with Crippen LogP contribution in [0.5, 0.6) is 11.6 Å². The number of carbonyl (C=O) groups is 1. The monoisotopic (exact) mass is 369 g/mol. The molecule has 2 heterocycles. The molecule has 0 aliphatic carbocycles. The number of nitrogens with one attached hydrogen (secondary N) is 1. The van der Waals surface area contributed by atoms with Gasteiger partial charge in [-0.2, -0.15) is 0 Å². The lowest BCUT2D eigenvalue weighted by atomic mass is 10.2. The molecule has 134 valence electrons. The molecule has 7 heteroatoms. The van der Waals surface area contributed by atoms with Crippen LogP contribution in [0.15, 0.2) is 48.0 Å². The number of carbonyl (C=O) groups excluding carboxylic acids is 1. The molecule has 6 nitrogen and oxygen atoms in total. The van der Waals surface area contributed by atoms with Crippen LogP contribution in [0, 0.1) is 0 Å². The fraction of sp³-hybridized carbons (Fsp3) is 0.211. The summed E-state index contributed by atoms with van der Waals surface area (Å²) < 4.78 is 10.2. The maximum absolute atomic E-state index is 12.1. The lowest BCUT2D eigenvalue weighted by Crippen LogP contribution is -2.12. The summed E-state index contributed by atoms with van der Waals surface area (Å²) in [6.07, 6.45) is 2.53. The second-order valence-electron chi connectivity index (χ2n) is 5.49. The van der Waals surface area contributed by atoms with Crippen molar-refractivity contribution in [2.75, 3.05) is 19.5 Å². The molecule has 0 saturated heterocycles. The van der Waals surface area contributed by atoms with E-state index in [1.807, 2.05) is 29.6 Å². The predicted molar refractivity (Wildman–Crippen MR) is 102 cm³/mol. The Morgan fingerprint density at radius 1 is 1.12 bits per heavy atom. The number of ether oxygens (including phenoxy) is 2. The van der Waals surface area contributed by atoms with E-state index in [9.17, 15) is 4.79 Å². The summed E-state index contributed by atoms with van der Waals surface area (Å²) in [5, 5.41) is 5.75. The van der Waals surface area contributed by atoms with Crippen molar-refractivity contribution in [3.63, 3.8) is 0 Å². The zero-order valence-corrected chi connectivity index (χ0v) is 15.4. The van der Waals surface area contributed by atoms with Gasteiger partial charge in [0.2, 0.25) is 11.8 Å². The first kappa shape index (κ1) is 17.9. The van der Waals surface area contributed by atoms with E-state index in [4.69, 9.17) is 9.47 Å². The number of hydrogen-bond donors (Lipinski definition) is 1. The molecule has 26 heavy (non-hydrogen) atoms. The van der Waals surface area contributed by atoms with Crippen LogP contribution in [0.2, 0.25) is 0 Å². The number of pyridine rings is 1. The van der Waals surface area contributed by atoms with Gasteiger partial charge < -0.3 is 14.8 Å². The van der Waals surface area contributed by atoms with Gasteiger partial charge in [0.15, 0.2) is 0 Å². The van der Waals surface area contributed by atoms with Gasteiger partial charge in [0, 0.05) is 29.9 Å². The fourth-order valence-corrected chi connectivity index (χ4v) is 3.15. The van der Waals surface area contributed by atoms with Crippen LogP contribution in [0.4, 0.5) is 5.69 Å². The van der Waals surface area contributed by atoms with Crippen LogP contribution in [-0.2, 0) is 11.2 Å². The summed E-state index contributed by atoms with van der Waals surface area (Å²) in [7, 11) is 3.19. The second kappa shape index (κ2) is 8.44. The molecule has 0 unspecified atom stereocenters. The molecule has 0 saturated carbocycles. The first-order valence-corrected chi connectivity index (χ1v) is 8.94. The van der Waals surface area contributed by atoms with Crippen molar-refractivity contribution in [3.8, 4) is 22.9 Å². The maximum atomic E-state index is 12.1. The summed E-state index contributed by atoms with van der Waals surface area (Å²) in [6.45, 7) is 0. The Morgan fingerprint density at radius 2 is 1.92 bits per heavy atom. The highest BCUT2D eigenvalue weighted by Crippen LogP contribution is 2.24. The highest BCUT2D eigenvalue weighted by Gasteiger charge is 2.08. The molecule has 0 aliphatic heterocycles. The quantitative estimate of drug-likeness (QED) is 0.686. The minimum Gasteiger partial charge on any atom is -0.497 e. The third-order valence-electron chi connectivity index (χ3n) is 3.73. The number of aryl methyl sites for hydroxylation is 1. The van der Waals surface area contributed by atoms with Crippen LogP contribution >= 0.6 is 11.3 Å². The van der Waals surface area contributed by atoms with Crippen LogP contribution < -0.4 is 14.8 Å². The summed E-state index contributed by atoms with van der Waals surface area (Å²) in [4.78, 5) is 20.7. The summed E-state index contributed by atoms with van der Waals surface area (Å²) in [5.74, 6) is 1.25. The molecule has 0 radical (unpaired) electrons. The number of thiazole rings is 1. The molecular weight excluding hydrogens is 350 g/mol. The van der Waals surface area contributed by atoms with E-state index in [2.05, 4.69) is 15.3 Å². The molecule has 0 aliphatic rings. The average Bonchev–Trinajstić information content (AvgIpc) is 3.16. The minimum absolute atomic E-state index is 0.0711. The zero-order valence-electron chi connectivity index (χ0n) is 14.6. The van der Waals surface area contributed by atoms with Crippen LogP contribution in [-0.4, -0.2) is 30.1 Å². The van der Waals surface area contributed by atoms with Gasteiger partial charge in [0.25, 0.3) is 0 Å². The third kappa shape index (κ3) is 4.58. The molecule has 3 aromatic rings. The standard InChI is InChI=1S/C19H19N3O3S/c1-24-15-6-3-13(4-7-15)16-12-26-19(22-16)10-8-17(23)21-14-5-9-18(25-2)20-11-14/h3-7,9,11-12H,8,10H2,1-2H3,(H,21,23). The Bertz CT molecular complexity index is 860. The zero-order chi connectivity index (χ0) is 18.4. The van der Waals surface area contributed by atoms with Gasteiger partial charge in [0.05, 0.1) is 36.8 Å². The number of aromatic nitrogens is 2. The topological polar surface area (TPSA) is 73.3 Å². The third-order valence-corrected chi connectivity index (χ3v) is 4.64. The van der Waals surface area contributed by atoms with Crippen LogP contribution in [0.1, 0.15) is 11.4 Å². The molecule has 1 N–H and O–H groups in total. The number of anilines is 1. The van der Waals surface area contributed by atoms with E-state index in [1.165, 1.54) is 0 Å². The molecule has 1 aromatic carbocycles. The molecular formula is C19H19N3O3S. The Morgan fingerprint density at radius 3 is 2.58 bits per heavy atom. The normalized spacial score (nSPS) is 10.4. The number of benzene rings is 1. The van der Waals surface area contributed by atoms with Gasteiger partial charge in [-0.05, 0) is 30.3 Å². The summed E-state index contributed by atoms with van der Waals surface area (Å²) >= 11 is 1.56. The lowest BCUT2D eigenvalue weighted by Gasteiger charge is -2.05. The van der Waals surface area contributed by atoms with E-state index >= 15 is 0 Å². The van der Waals surface area contributed by atoms with Gasteiger partial charge in [-0.3, -0.25) is 4.79 Å². The molecule has 3 rings (SSSR count). The Balaban J connectivity index is 1.54. The van der Waals surface area contributed by atoms with Crippen LogP contribution in [0.25, 0.3) is 11.3 Å².